The molecule has 0 amide bonds. The Morgan fingerprint density at radius 1 is 1.56 bits per heavy atom. The molecule has 1 aliphatic rings. The second kappa shape index (κ2) is 4.53. The third kappa shape index (κ3) is 1.86. The highest BCUT2D eigenvalue weighted by Gasteiger charge is 2.31. The van der Waals surface area contributed by atoms with E-state index in [2.05, 4.69) is 23.7 Å². The summed E-state index contributed by atoms with van der Waals surface area (Å²) in [5.74, 6) is 0. The fraction of sp³-hybridized carbons (Fsp3) is 0.667. The molecule has 16 heavy (non-hydrogen) atoms. The van der Waals surface area contributed by atoms with Crippen molar-refractivity contribution < 1.29 is 4.79 Å². The molecule has 1 saturated heterocycles. The Morgan fingerprint density at radius 2 is 2.31 bits per heavy atom. The number of carbonyl (C=O) groups is 1. The lowest BCUT2D eigenvalue weighted by Gasteiger charge is -2.27. The van der Waals surface area contributed by atoms with Gasteiger partial charge in [0.1, 0.15) is 0 Å². The molecule has 0 saturated carbocycles. The van der Waals surface area contributed by atoms with Gasteiger partial charge in [-0.25, -0.2) is 4.98 Å². The van der Waals surface area contributed by atoms with Crippen molar-refractivity contribution in [2.24, 2.45) is 0 Å². The van der Waals surface area contributed by atoms with Gasteiger partial charge in [0, 0.05) is 12.1 Å². The number of aldehydes is 1. The molecule has 0 bridgehead atoms. The lowest BCUT2D eigenvalue weighted by Crippen LogP contribution is -2.33. The Balaban J connectivity index is 2.30. The molecule has 1 aliphatic heterocycles. The number of hydrogen-bond acceptors (Lipinski definition) is 4. The van der Waals surface area contributed by atoms with E-state index in [9.17, 15) is 4.79 Å². The topological polar surface area (TPSA) is 33.2 Å². The van der Waals surface area contributed by atoms with Crippen molar-refractivity contribution in [3.63, 3.8) is 0 Å². The van der Waals surface area contributed by atoms with Crippen molar-refractivity contribution in [3.8, 4) is 0 Å². The van der Waals surface area contributed by atoms with Gasteiger partial charge in [0.05, 0.1) is 10.6 Å². The van der Waals surface area contributed by atoms with E-state index in [1.165, 1.54) is 24.2 Å². The predicted molar refractivity (Wildman–Crippen MR) is 67.5 cm³/mol. The summed E-state index contributed by atoms with van der Waals surface area (Å²) in [6.07, 6.45) is 4.54. The van der Waals surface area contributed by atoms with Crippen LogP contribution < -0.4 is 4.90 Å². The SMILES string of the molecule is CCC1CCC(C)N1c1nc(C)c(C=O)s1. The smallest absolute Gasteiger partial charge is 0.186 e. The van der Waals surface area contributed by atoms with Gasteiger partial charge in [0.2, 0.25) is 0 Å². The van der Waals surface area contributed by atoms with Gasteiger partial charge in [-0.3, -0.25) is 4.79 Å². The fourth-order valence-electron chi connectivity index (χ4n) is 2.43. The Bertz CT molecular complexity index is 388. The predicted octanol–water partition coefficient (Wildman–Crippen LogP) is 3.03. The zero-order valence-corrected chi connectivity index (χ0v) is 10.9. The number of thiazole rings is 1. The summed E-state index contributed by atoms with van der Waals surface area (Å²) < 4.78 is 0. The molecule has 88 valence electrons. The number of aromatic nitrogens is 1. The molecule has 4 heteroatoms. The van der Waals surface area contributed by atoms with Crippen LogP contribution in [0.3, 0.4) is 0 Å². The van der Waals surface area contributed by atoms with Crippen LogP contribution in [0, 0.1) is 6.92 Å². The van der Waals surface area contributed by atoms with Crippen molar-refractivity contribution in [3.05, 3.63) is 10.6 Å². The normalized spacial score (nSPS) is 25.1. The lowest BCUT2D eigenvalue weighted by molar-refractivity contribution is 0.112. The van der Waals surface area contributed by atoms with Gasteiger partial charge in [-0.1, -0.05) is 18.3 Å². The maximum Gasteiger partial charge on any atom is 0.186 e. The first-order valence-corrected chi connectivity index (χ1v) is 6.70. The van der Waals surface area contributed by atoms with Gasteiger partial charge in [0.25, 0.3) is 0 Å². The van der Waals surface area contributed by atoms with E-state index < -0.39 is 0 Å². The van der Waals surface area contributed by atoms with Gasteiger partial charge in [-0.15, -0.1) is 0 Å². The number of hydrogen-bond donors (Lipinski definition) is 0. The van der Waals surface area contributed by atoms with Gasteiger partial charge >= 0.3 is 0 Å². The second-order valence-corrected chi connectivity index (χ2v) is 5.47. The molecule has 0 spiro atoms. The third-order valence-corrected chi connectivity index (χ3v) is 4.50. The van der Waals surface area contributed by atoms with Gasteiger partial charge in [0.15, 0.2) is 11.4 Å². The van der Waals surface area contributed by atoms with Crippen LogP contribution in [0.15, 0.2) is 0 Å². The molecule has 2 atom stereocenters. The van der Waals surface area contributed by atoms with E-state index in [1.807, 2.05) is 6.92 Å². The molecule has 1 aromatic heterocycles. The van der Waals surface area contributed by atoms with Crippen LogP contribution in [0.4, 0.5) is 5.13 Å². The number of anilines is 1. The van der Waals surface area contributed by atoms with Crippen LogP contribution in [0.5, 0.6) is 0 Å². The van der Waals surface area contributed by atoms with Crippen LogP contribution in [0.2, 0.25) is 0 Å². The largest absolute Gasteiger partial charge is 0.342 e. The first-order valence-electron chi connectivity index (χ1n) is 5.88. The Kier molecular flexibility index (Phi) is 3.28. The van der Waals surface area contributed by atoms with Crippen LogP contribution in [-0.4, -0.2) is 23.4 Å². The molecule has 1 aromatic rings. The summed E-state index contributed by atoms with van der Waals surface area (Å²) in [5.41, 5.74) is 0.865. The summed E-state index contributed by atoms with van der Waals surface area (Å²) in [4.78, 5) is 18.5. The number of nitrogens with zero attached hydrogens (tertiary/aromatic N) is 2. The first kappa shape index (κ1) is 11.6. The van der Waals surface area contributed by atoms with Crippen molar-refractivity contribution >= 4 is 22.8 Å². The quantitative estimate of drug-likeness (QED) is 0.759. The van der Waals surface area contributed by atoms with Crippen molar-refractivity contribution in [1.29, 1.82) is 0 Å². The molecule has 2 heterocycles. The minimum absolute atomic E-state index is 0.551. The Hall–Kier alpha value is -0.900. The summed E-state index contributed by atoms with van der Waals surface area (Å²) >= 11 is 1.53. The summed E-state index contributed by atoms with van der Waals surface area (Å²) in [6.45, 7) is 6.37. The molecule has 2 rings (SSSR count). The molecule has 2 unspecified atom stereocenters. The summed E-state index contributed by atoms with van der Waals surface area (Å²) in [6, 6.07) is 1.15. The highest BCUT2D eigenvalue weighted by molar-refractivity contribution is 7.17. The summed E-state index contributed by atoms with van der Waals surface area (Å²) in [7, 11) is 0. The van der Waals surface area contributed by atoms with E-state index >= 15 is 0 Å². The molecule has 1 fully saturated rings. The van der Waals surface area contributed by atoms with Gasteiger partial charge in [-0.2, -0.15) is 0 Å². The van der Waals surface area contributed by atoms with E-state index in [0.29, 0.717) is 12.1 Å². The Morgan fingerprint density at radius 3 is 2.88 bits per heavy atom. The van der Waals surface area contributed by atoms with Gasteiger partial charge in [-0.05, 0) is 33.1 Å². The van der Waals surface area contributed by atoms with E-state index in [-0.39, 0.29) is 0 Å². The van der Waals surface area contributed by atoms with Crippen molar-refractivity contribution in [1.82, 2.24) is 4.98 Å². The molecule has 0 aromatic carbocycles. The fourth-order valence-corrected chi connectivity index (χ4v) is 3.49. The monoisotopic (exact) mass is 238 g/mol. The van der Waals surface area contributed by atoms with Crippen molar-refractivity contribution in [2.45, 2.75) is 52.1 Å². The number of rotatable bonds is 3. The average Bonchev–Trinajstić information content (AvgIpc) is 2.81. The number of carbonyl (C=O) groups excluding carboxylic acids is 1. The average molecular weight is 238 g/mol. The number of aryl methyl sites for hydroxylation is 1. The van der Waals surface area contributed by atoms with Crippen molar-refractivity contribution in [2.75, 3.05) is 4.90 Å². The zero-order valence-electron chi connectivity index (χ0n) is 10.1. The molecule has 0 radical (unpaired) electrons. The Labute approximate surface area is 100 Å². The van der Waals surface area contributed by atoms with Crippen LogP contribution >= 0.6 is 11.3 Å². The second-order valence-electron chi connectivity index (χ2n) is 4.46. The highest BCUT2D eigenvalue weighted by atomic mass is 32.1. The van der Waals surface area contributed by atoms with Gasteiger partial charge < -0.3 is 4.90 Å². The maximum absolute atomic E-state index is 10.8. The minimum atomic E-state index is 0.551. The maximum atomic E-state index is 10.8. The molecular weight excluding hydrogens is 220 g/mol. The third-order valence-electron chi connectivity index (χ3n) is 3.41. The standard InChI is InChI=1S/C12H18N2OS/c1-4-10-6-5-8(2)14(10)12-13-9(3)11(7-15)16-12/h7-8,10H,4-6H2,1-3H3. The first-order chi connectivity index (χ1) is 7.67. The van der Waals surface area contributed by atoms with Crippen LogP contribution in [0.1, 0.15) is 48.5 Å². The van der Waals surface area contributed by atoms with E-state index in [1.54, 1.807) is 0 Å². The molecule has 0 N–H and O–H groups in total. The molecular formula is C12H18N2OS. The molecule has 0 aliphatic carbocycles. The van der Waals surface area contributed by atoms with Crippen LogP contribution in [0.25, 0.3) is 0 Å². The van der Waals surface area contributed by atoms with E-state index in [0.717, 1.165) is 28.4 Å². The highest BCUT2D eigenvalue weighted by Crippen LogP contribution is 2.35. The lowest BCUT2D eigenvalue weighted by atomic mass is 10.2. The van der Waals surface area contributed by atoms with E-state index in [4.69, 9.17) is 0 Å². The van der Waals surface area contributed by atoms with Crippen LogP contribution in [-0.2, 0) is 0 Å². The minimum Gasteiger partial charge on any atom is -0.342 e. The molecule has 3 nitrogen and oxygen atoms in total. The summed E-state index contributed by atoms with van der Waals surface area (Å²) in [5, 5.41) is 1.02. The zero-order chi connectivity index (χ0) is 11.7.